The van der Waals surface area contributed by atoms with Gasteiger partial charge in [0.25, 0.3) is 5.91 Å². The SMILES string of the molecule is CCOc1ccc(-c2cncc(C(=O)NN3CCc4ccc(OC)cc4C3)n2)cc1. The maximum Gasteiger partial charge on any atom is 0.285 e. The van der Waals surface area contributed by atoms with Gasteiger partial charge in [-0.2, -0.15) is 0 Å². The lowest BCUT2D eigenvalue weighted by atomic mass is 10.0. The normalized spacial score (nSPS) is 13.4. The molecule has 154 valence electrons. The molecular weight excluding hydrogens is 380 g/mol. The number of methoxy groups -OCH3 is 1. The molecule has 0 unspecified atom stereocenters. The molecule has 1 amide bonds. The molecule has 0 radical (unpaired) electrons. The summed E-state index contributed by atoms with van der Waals surface area (Å²) in [6, 6.07) is 13.6. The molecule has 0 atom stereocenters. The Morgan fingerprint density at radius 1 is 1.10 bits per heavy atom. The fraction of sp³-hybridized carbons (Fsp3) is 0.261. The van der Waals surface area contributed by atoms with E-state index in [1.165, 1.54) is 11.8 Å². The van der Waals surface area contributed by atoms with Crippen LogP contribution in [-0.2, 0) is 13.0 Å². The van der Waals surface area contributed by atoms with E-state index < -0.39 is 0 Å². The second-order valence-corrected chi connectivity index (χ2v) is 6.99. The Balaban J connectivity index is 1.45. The third-order valence-corrected chi connectivity index (χ3v) is 5.01. The maximum atomic E-state index is 12.8. The van der Waals surface area contributed by atoms with E-state index in [0.717, 1.165) is 35.6 Å². The van der Waals surface area contributed by atoms with Crippen LogP contribution in [-0.4, -0.2) is 41.1 Å². The summed E-state index contributed by atoms with van der Waals surface area (Å²) >= 11 is 0. The number of hydrogen-bond donors (Lipinski definition) is 1. The average Bonchev–Trinajstić information content (AvgIpc) is 2.79. The number of ether oxygens (including phenoxy) is 2. The van der Waals surface area contributed by atoms with Crippen LogP contribution >= 0.6 is 0 Å². The number of aromatic nitrogens is 2. The van der Waals surface area contributed by atoms with Crippen molar-refractivity contribution in [3.8, 4) is 22.8 Å². The Morgan fingerprint density at radius 2 is 1.90 bits per heavy atom. The van der Waals surface area contributed by atoms with E-state index in [2.05, 4.69) is 21.5 Å². The second kappa shape index (κ2) is 8.92. The van der Waals surface area contributed by atoms with Gasteiger partial charge in [0.2, 0.25) is 0 Å². The number of hydrogen-bond acceptors (Lipinski definition) is 6. The monoisotopic (exact) mass is 404 g/mol. The van der Waals surface area contributed by atoms with Crippen LogP contribution in [0, 0.1) is 0 Å². The van der Waals surface area contributed by atoms with E-state index in [4.69, 9.17) is 9.47 Å². The predicted molar refractivity (Wildman–Crippen MR) is 113 cm³/mol. The Morgan fingerprint density at radius 3 is 2.67 bits per heavy atom. The van der Waals surface area contributed by atoms with E-state index >= 15 is 0 Å². The summed E-state index contributed by atoms with van der Waals surface area (Å²) in [6.07, 6.45) is 3.99. The molecule has 3 aromatic rings. The van der Waals surface area contributed by atoms with Crippen LogP contribution in [0.1, 0.15) is 28.5 Å². The molecule has 0 saturated heterocycles. The minimum Gasteiger partial charge on any atom is -0.497 e. The van der Waals surface area contributed by atoms with Gasteiger partial charge in [-0.1, -0.05) is 6.07 Å². The molecule has 1 aliphatic rings. The van der Waals surface area contributed by atoms with Gasteiger partial charge in [-0.05, 0) is 60.9 Å². The van der Waals surface area contributed by atoms with Gasteiger partial charge in [0.15, 0.2) is 0 Å². The average molecular weight is 404 g/mol. The van der Waals surface area contributed by atoms with Gasteiger partial charge in [0.05, 0.1) is 31.8 Å². The summed E-state index contributed by atoms with van der Waals surface area (Å²) in [4.78, 5) is 21.5. The van der Waals surface area contributed by atoms with Gasteiger partial charge < -0.3 is 9.47 Å². The van der Waals surface area contributed by atoms with Gasteiger partial charge in [-0.25, -0.2) is 9.99 Å². The predicted octanol–water partition coefficient (Wildman–Crippen LogP) is 3.25. The number of rotatable bonds is 6. The van der Waals surface area contributed by atoms with Gasteiger partial charge in [0, 0.05) is 18.7 Å². The summed E-state index contributed by atoms with van der Waals surface area (Å²) in [5.41, 5.74) is 7.16. The quantitative estimate of drug-likeness (QED) is 0.680. The van der Waals surface area contributed by atoms with Crippen molar-refractivity contribution in [2.45, 2.75) is 19.9 Å². The number of nitrogens with one attached hydrogen (secondary N) is 1. The number of amides is 1. The van der Waals surface area contributed by atoms with E-state index in [-0.39, 0.29) is 11.6 Å². The molecule has 0 bridgehead atoms. The number of carbonyl (C=O) groups excluding carboxylic acids is 1. The Kier molecular flexibility index (Phi) is 5.90. The third kappa shape index (κ3) is 4.41. The van der Waals surface area contributed by atoms with Crippen LogP contribution in [0.25, 0.3) is 11.3 Å². The molecule has 0 aliphatic carbocycles. The summed E-state index contributed by atoms with van der Waals surface area (Å²) in [6.45, 7) is 3.91. The minimum absolute atomic E-state index is 0.276. The molecule has 7 heteroatoms. The molecule has 1 aliphatic heterocycles. The Bertz CT molecular complexity index is 1040. The standard InChI is InChI=1S/C23H24N4O3/c1-3-30-19-7-5-17(6-8-19)21-13-24-14-22(25-21)23(28)26-27-11-10-16-4-9-20(29-2)12-18(16)15-27/h4-9,12-14H,3,10-11,15H2,1-2H3,(H,26,28). The first kappa shape index (κ1) is 19.8. The molecule has 0 fully saturated rings. The maximum absolute atomic E-state index is 12.8. The molecular formula is C23H24N4O3. The lowest BCUT2D eigenvalue weighted by Crippen LogP contribution is -2.45. The van der Waals surface area contributed by atoms with Crippen molar-refractivity contribution >= 4 is 5.91 Å². The van der Waals surface area contributed by atoms with Crippen molar-refractivity contribution in [3.63, 3.8) is 0 Å². The number of benzene rings is 2. The highest BCUT2D eigenvalue weighted by Crippen LogP contribution is 2.23. The molecule has 1 aromatic heterocycles. The first-order valence-corrected chi connectivity index (χ1v) is 9.93. The fourth-order valence-corrected chi connectivity index (χ4v) is 3.46. The Labute approximate surface area is 175 Å². The van der Waals surface area contributed by atoms with Crippen LogP contribution < -0.4 is 14.9 Å². The van der Waals surface area contributed by atoms with Crippen LogP contribution in [0.2, 0.25) is 0 Å². The van der Waals surface area contributed by atoms with Crippen LogP contribution in [0.3, 0.4) is 0 Å². The second-order valence-electron chi connectivity index (χ2n) is 6.99. The first-order valence-electron chi connectivity index (χ1n) is 9.93. The fourth-order valence-electron chi connectivity index (χ4n) is 3.46. The number of nitrogens with zero attached hydrogens (tertiary/aromatic N) is 3. The Hall–Kier alpha value is -3.45. The highest BCUT2D eigenvalue weighted by atomic mass is 16.5. The highest BCUT2D eigenvalue weighted by molar-refractivity contribution is 5.92. The topological polar surface area (TPSA) is 76.6 Å². The van der Waals surface area contributed by atoms with Crippen molar-refractivity contribution in [1.82, 2.24) is 20.4 Å². The molecule has 2 aromatic carbocycles. The van der Waals surface area contributed by atoms with Crippen molar-refractivity contribution < 1.29 is 14.3 Å². The number of carbonyl (C=O) groups is 1. The van der Waals surface area contributed by atoms with Crippen LogP contribution in [0.4, 0.5) is 0 Å². The van der Waals surface area contributed by atoms with E-state index in [1.807, 2.05) is 48.3 Å². The zero-order valence-corrected chi connectivity index (χ0v) is 17.1. The summed E-state index contributed by atoms with van der Waals surface area (Å²) in [7, 11) is 1.65. The van der Waals surface area contributed by atoms with Crippen molar-refractivity contribution in [3.05, 3.63) is 71.7 Å². The first-order chi connectivity index (χ1) is 14.7. The van der Waals surface area contributed by atoms with Crippen molar-refractivity contribution in [2.24, 2.45) is 0 Å². The van der Waals surface area contributed by atoms with Crippen molar-refractivity contribution in [1.29, 1.82) is 0 Å². The summed E-state index contributed by atoms with van der Waals surface area (Å²) < 4.78 is 10.8. The van der Waals surface area contributed by atoms with Gasteiger partial charge >= 0.3 is 0 Å². The van der Waals surface area contributed by atoms with Gasteiger partial charge in [0.1, 0.15) is 17.2 Å². The molecule has 30 heavy (non-hydrogen) atoms. The van der Waals surface area contributed by atoms with Gasteiger partial charge in [-0.15, -0.1) is 0 Å². The molecule has 4 rings (SSSR count). The highest BCUT2D eigenvalue weighted by Gasteiger charge is 2.20. The largest absolute Gasteiger partial charge is 0.497 e. The van der Waals surface area contributed by atoms with E-state index in [0.29, 0.717) is 18.8 Å². The zero-order valence-electron chi connectivity index (χ0n) is 17.1. The summed E-state index contributed by atoms with van der Waals surface area (Å²) in [5, 5.41) is 1.90. The minimum atomic E-state index is -0.276. The molecule has 1 N–H and O–H groups in total. The van der Waals surface area contributed by atoms with Crippen LogP contribution in [0.15, 0.2) is 54.9 Å². The molecule has 2 heterocycles. The van der Waals surface area contributed by atoms with Crippen molar-refractivity contribution in [2.75, 3.05) is 20.3 Å². The smallest absolute Gasteiger partial charge is 0.285 e. The van der Waals surface area contributed by atoms with E-state index in [9.17, 15) is 4.79 Å². The lowest BCUT2D eigenvalue weighted by Gasteiger charge is -2.29. The zero-order chi connectivity index (χ0) is 20.9. The number of hydrazine groups is 1. The third-order valence-electron chi connectivity index (χ3n) is 5.01. The molecule has 0 saturated carbocycles. The lowest BCUT2D eigenvalue weighted by molar-refractivity contribution is 0.0758. The molecule has 0 spiro atoms. The van der Waals surface area contributed by atoms with Gasteiger partial charge in [-0.3, -0.25) is 15.2 Å². The summed E-state index contributed by atoms with van der Waals surface area (Å²) in [5.74, 6) is 1.34. The molecule has 7 nitrogen and oxygen atoms in total. The van der Waals surface area contributed by atoms with E-state index in [1.54, 1.807) is 13.3 Å². The van der Waals surface area contributed by atoms with Crippen LogP contribution in [0.5, 0.6) is 11.5 Å². The number of fused-ring (bicyclic) bond motifs is 1.